The van der Waals surface area contributed by atoms with E-state index in [4.69, 9.17) is 17.3 Å². The molecule has 1 aromatic heterocycles. The van der Waals surface area contributed by atoms with E-state index >= 15 is 0 Å². The summed E-state index contributed by atoms with van der Waals surface area (Å²) >= 11 is 7.00. The fourth-order valence-electron chi connectivity index (χ4n) is 1.46. The Morgan fingerprint density at radius 1 is 1.30 bits per heavy atom. The van der Waals surface area contributed by atoms with Crippen LogP contribution >= 0.6 is 23.4 Å². The van der Waals surface area contributed by atoms with Gasteiger partial charge in [-0.2, -0.15) is 0 Å². The third kappa shape index (κ3) is 3.43. The third-order valence-electron chi connectivity index (χ3n) is 2.44. The highest BCUT2D eigenvalue weighted by Crippen LogP contribution is 2.33. The van der Waals surface area contributed by atoms with Gasteiger partial charge in [0.15, 0.2) is 0 Å². The average molecular weight is 330 g/mol. The van der Waals surface area contributed by atoms with Crippen LogP contribution in [0.4, 0.5) is 5.69 Å². The lowest BCUT2D eigenvalue weighted by atomic mass is 10.3. The molecule has 0 spiro atoms. The lowest BCUT2D eigenvalue weighted by Crippen LogP contribution is -2.19. The maximum atomic E-state index is 12.0. The summed E-state index contributed by atoms with van der Waals surface area (Å²) in [4.78, 5) is 4.80. The minimum Gasteiger partial charge on any atom is -0.399 e. The second kappa shape index (κ2) is 6.01. The van der Waals surface area contributed by atoms with Crippen LogP contribution in [0.15, 0.2) is 51.3 Å². The van der Waals surface area contributed by atoms with Crippen LogP contribution in [0, 0.1) is 0 Å². The van der Waals surface area contributed by atoms with E-state index in [-0.39, 0.29) is 4.90 Å². The van der Waals surface area contributed by atoms with Crippen LogP contribution in [-0.2, 0) is 10.0 Å². The molecule has 3 N–H and O–H groups in total. The summed E-state index contributed by atoms with van der Waals surface area (Å²) in [5.41, 5.74) is 6.04. The van der Waals surface area contributed by atoms with Crippen LogP contribution in [0.5, 0.6) is 0 Å². The molecule has 20 heavy (non-hydrogen) atoms. The van der Waals surface area contributed by atoms with Crippen molar-refractivity contribution in [3.63, 3.8) is 0 Å². The standard InChI is InChI=1S/C12H12ClN3O2S2/c1-15-20(17,18)11-6-9(14)3-4-10(11)19-12-5-2-8(13)7-16-12/h2-7,15H,14H2,1H3. The molecule has 0 radical (unpaired) electrons. The Labute approximate surface area is 126 Å². The minimum absolute atomic E-state index is 0.127. The first-order chi connectivity index (χ1) is 9.42. The molecule has 2 aromatic rings. The van der Waals surface area contributed by atoms with Gasteiger partial charge in [-0.25, -0.2) is 18.1 Å². The van der Waals surface area contributed by atoms with Gasteiger partial charge in [0.25, 0.3) is 0 Å². The van der Waals surface area contributed by atoms with Gasteiger partial charge in [-0.05, 0) is 37.4 Å². The van der Waals surface area contributed by atoms with E-state index in [1.807, 2.05) is 0 Å². The summed E-state index contributed by atoms with van der Waals surface area (Å²) in [5, 5.41) is 1.17. The van der Waals surface area contributed by atoms with Crippen LogP contribution in [0.1, 0.15) is 0 Å². The topological polar surface area (TPSA) is 85.1 Å². The Hall–Kier alpha value is -1.28. The summed E-state index contributed by atoms with van der Waals surface area (Å²) in [6.45, 7) is 0. The molecule has 106 valence electrons. The number of nitrogens with one attached hydrogen (secondary N) is 1. The van der Waals surface area contributed by atoms with E-state index < -0.39 is 10.0 Å². The van der Waals surface area contributed by atoms with Crippen molar-refractivity contribution in [2.24, 2.45) is 0 Å². The summed E-state index contributed by atoms with van der Waals surface area (Å²) < 4.78 is 26.3. The summed E-state index contributed by atoms with van der Waals surface area (Å²) in [6, 6.07) is 8.14. The second-order valence-electron chi connectivity index (χ2n) is 3.83. The zero-order chi connectivity index (χ0) is 14.8. The number of pyridine rings is 1. The molecule has 0 fully saturated rings. The first kappa shape index (κ1) is 15.1. The lowest BCUT2D eigenvalue weighted by molar-refractivity contribution is 0.586. The zero-order valence-corrected chi connectivity index (χ0v) is 12.9. The van der Waals surface area contributed by atoms with Crippen molar-refractivity contribution < 1.29 is 8.42 Å². The highest BCUT2D eigenvalue weighted by atomic mass is 35.5. The van der Waals surface area contributed by atoms with E-state index in [2.05, 4.69) is 9.71 Å². The highest BCUT2D eigenvalue weighted by Gasteiger charge is 2.18. The van der Waals surface area contributed by atoms with Crippen LogP contribution in [0.25, 0.3) is 0 Å². The van der Waals surface area contributed by atoms with Gasteiger partial charge >= 0.3 is 0 Å². The van der Waals surface area contributed by atoms with E-state index in [1.54, 1.807) is 24.3 Å². The van der Waals surface area contributed by atoms with Gasteiger partial charge in [-0.15, -0.1) is 0 Å². The third-order valence-corrected chi connectivity index (χ3v) is 5.27. The van der Waals surface area contributed by atoms with E-state index in [0.29, 0.717) is 20.6 Å². The van der Waals surface area contributed by atoms with Gasteiger partial charge in [0.1, 0.15) is 5.03 Å². The molecular formula is C12H12ClN3O2S2. The molecule has 0 aliphatic heterocycles. The first-order valence-corrected chi connectivity index (χ1v) is 8.22. The fourth-order valence-corrected chi connectivity index (χ4v) is 3.64. The van der Waals surface area contributed by atoms with Gasteiger partial charge in [-0.3, -0.25) is 0 Å². The monoisotopic (exact) mass is 329 g/mol. The Bertz CT molecular complexity index is 718. The van der Waals surface area contributed by atoms with E-state index in [0.717, 1.165) is 0 Å². The molecule has 0 unspecified atom stereocenters. The molecule has 0 saturated carbocycles. The summed E-state index contributed by atoms with van der Waals surface area (Å²) in [5.74, 6) is 0. The van der Waals surface area contributed by atoms with Crippen molar-refractivity contribution >= 4 is 39.1 Å². The van der Waals surface area contributed by atoms with Gasteiger partial charge in [-0.1, -0.05) is 23.4 Å². The Morgan fingerprint density at radius 3 is 2.65 bits per heavy atom. The molecule has 0 bridgehead atoms. The zero-order valence-electron chi connectivity index (χ0n) is 10.5. The fraction of sp³-hybridized carbons (Fsp3) is 0.0833. The van der Waals surface area contributed by atoms with Gasteiger partial charge < -0.3 is 5.73 Å². The smallest absolute Gasteiger partial charge is 0.241 e. The maximum Gasteiger partial charge on any atom is 0.241 e. The molecule has 8 heteroatoms. The van der Waals surface area contributed by atoms with Crippen molar-refractivity contribution in [2.45, 2.75) is 14.8 Å². The van der Waals surface area contributed by atoms with Crippen molar-refractivity contribution in [1.82, 2.24) is 9.71 Å². The van der Waals surface area contributed by atoms with Crippen molar-refractivity contribution in [2.75, 3.05) is 12.8 Å². The molecule has 2 rings (SSSR count). The molecule has 0 amide bonds. The summed E-state index contributed by atoms with van der Waals surface area (Å²) in [7, 11) is -2.23. The van der Waals surface area contributed by atoms with Crippen LogP contribution < -0.4 is 10.5 Å². The molecule has 0 aliphatic carbocycles. The Kier molecular flexibility index (Phi) is 4.54. The molecule has 1 aromatic carbocycles. The quantitative estimate of drug-likeness (QED) is 0.841. The number of rotatable bonds is 4. The normalized spacial score (nSPS) is 11.5. The minimum atomic E-state index is -3.58. The second-order valence-corrected chi connectivity index (χ2v) is 7.18. The molecular weight excluding hydrogens is 318 g/mol. The lowest BCUT2D eigenvalue weighted by Gasteiger charge is -2.10. The molecule has 0 aliphatic rings. The number of nitrogens with two attached hydrogens (primary N) is 1. The summed E-state index contributed by atoms with van der Waals surface area (Å²) in [6.07, 6.45) is 1.51. The van der Waals surface area contributed by atoms with Crippen molar-refractivity contribution in [3.8, 4) is 0 Å². The van der Waals surface area contributed by atoms with Crippen molar-refractivity contribution in [1.29, 1.82) is 0 Å². The number of halogens is 1. The Morgan fingerprint density at radius 2 is 2.05 bits per heavy atom. The average Bonchev–Trinajstić information content (AvgIpc) is 2.43. The molecule has 1 heterocycles. The van der Waals surface area contributed by atoms with E-state index in [1.165, 1.54) is 31.1 Å². The number of sulfonamides is 1. The van der Waals surface area contributed by atoms with Gasteiger partial charge in [0.05, 0.1) is 9.92 Å². The number of nitrogens with zero attached hydrogens (tertiary/aromatic N) is 1. The molecule has 5 nitrogen and oxygen atoms in total. The molecule has 0 saturated heterocycles. The van der Waals surface area contributed by atoms with Gasteiger partial charge in [0, 0.05) is 16.8 Å². The van der Waals surface area contributed by atoms with Crippen LogP contribution in [0.2, 0.25) is 5.02 Å². The number of hydrogen-bond donors (Lipinski definition) is 2. The van der Waals surface area contributed by atoms with Crippen LogP contribution in [0.3, 0.4) is 0 Å². The highest BCUT2D eigenvalue weighted by molar-refractivity contribution is 8.00. The van der Waals surface area contributed by atoms with Crippen molar-refractivity contribution in [3.05, 3.63) is 41.6 Å². The number of nitrogen functional groups attached to an aromatic ring is 1. The number of aromatic nitrogens is 1. The van der Waals surface area contributed by atoms with Crippen LogP contribution in [-0.4, -0.2) is 20.4 Å². The largest absolute Gasteiger partial charge is 0.399 e. The van der Waals surface area contributed by atoms with E-state index in [9.17, 15) is 8.42 Å². The number of benzene rings is 1. The van der Waals surface area contributed by atoms with Gasteiger partial charge in [0.2, 0.25) is 10.0 Å². The number of anilines is 1. The predicted octanol–water partition coefficient (Wildman–Crippen LogP) is 2.38. The maximum absolute atomic E-state index is 12.0. The predicted molar refractivity (Wildman–Crippen MR) is 80.5 cm³/mol. The SMILES string of the molecule is CNS(=O)(=O)c1cc(N)ccc1Sc1ccc(Cl)cn1. The number of hydrogen-bond acceptors (Lipinski definition) is 5. The Balaban J connectivity index is 2.44. The molecule has 0 atom stereocenters. The first-order valence-electron chi connectivity index (χ1n) is 5.55.